The van der Waals surface area contributed by atoms with Crippen LogP contribution in [0.15, 0.2) is 72.4 Å². The number of aromatic nitrogens is 3. The van der Waals surface area contributed by atoms with E-state index in [1.54, 1.807) is 25.6 Å². The van der Waals surface area contributed by atoms with Gasteiger partial charge in [0.2, 0.25) is 16.8 Å². The van der Waals surface area contributed by atoms with Crippen molar-refractivity contribution in [3.05, 3.63) is 67.5 Å². The van der Waals surface area contributed by atoms with Crippen molar-refractivity contribution in [3.63, 3.8) is 0 Å². The van der Waals surface area contributed by atoms with Gasteiger partial charge in [0.05, 0.1) is 41.3 Å². The van der Waals surface area contributed by atoms with Crippen LogP contribution in [0.4, 0.5) is 23.0 Å². The summed E-state index contributed by atoms with van der Waals surface area (Å²) in [5.74, 6) is 1.23. The Morgan fingerprint density at radius 1 is 1.18 bits per heavy atom. The summed E-state index contributed by atoms with van der Waals surface area (Å²) in [5, 5.41) is 7.12. The molecule has 3 N–H and O–H groups in total. The zero-order valence-corrected chi connectivity index (χ0v) is 23.6. The second-order valence-corrected chi connectivity index (χ2v) is 10.6. The van der Waals surface area contributed by atoms with Crippen LogP contribution in [0, 0.1) is 0 Å². The first-order valence-electron chi connectivity index (χ1n) is 12.3. The van der Waals surface area contributed by atoms with Crippen LogP contribution in [0.2, 0.25) is 0 Å². The second kappa shape index (κ2) is 12.2. The van der Waals surface area contributed by atoms with E-state index >= 15 is 0 Å². The van der Waals surface area contributed by atoms with Crippen LogP contribution >= 0.6 is 0 Å². The number of nitrogens with zero attached hydrogens (tertiary/aromatic N) is 5. The number of anilines is 4. The maximum Gasteiger partial charge on any atom is 0.247 e. The van der Waals surface area contributed by atoms with Gasteiger partial charge in [0.25, 0.3) is 0 Å². The average Bonchev–Trinajstić information content (AvgIpc) is 3.32. The van der Waals surface area contributed by atoms with Gasteiger partial charge in [-0.1, -0.05) is 18.7 Å². The molecule has 0 aliphatic heterocycles. The van der Waals surface area contributed by atoms with Crippen LogP contribution in [-0.4, -0.2) is 77.5 Å². The first kappa shape index (κ1) is 28.0. The number of carbonyl (C=O) groups is 1. The van der Waals surface area contributed by atoms with Gasteiger partial charge < -0.3 is 25.2 Å². The lowest BCUT2D eigenvalue weighted by molar-refractivity contribution is -0.111. The largest absolute Gasteiger partial charge is 0.494 e. The fourth-order valence-corrected chi connectivity index (χ4v) is 4.89. The minimum Gasteiger partial charge on any atom is -0.494 e. The van der Waals surface area contributed by atoms with E-state index < -0.39 is 11.2 Å². The number of para-hydroxylation sites is 1. The third-order valence-electron chi connectivity index (χ3n) is 6.18. The molecule has 0 radical (unpaired) electrons. The summed E-state index contributed by atoms with van der Waals surface area (Å²) in [7, 11) is 7.58. The quantitative estimate of drug-likeness (QED) is 0.187. The van der Waals surface area contributed by atoms with Crippen LogP contribution in [0.5, 0.6) is 5.75 Å². The number of methoxy groups -OCH3 is 1. The van der Waals surface area contributed by atoms with Crippen LogP contribution in [0.3, 0.4) is 0 Å². The molecule has 4 rings (SSSR count). The molecule has 0 fully saturated rings. The van der Waals surface area contributed by atoms with Crippen molar-refractivity contribution < 1.29 is 14.1 Å². The van der Waals surface area contributed by atoms with E-state index in [-0.39, 0.29) is 5.91 Å². The highest BCUT2D eigenvalue weighted by molar-refractivity contribution is 7.91. The second-order valence-electron chi connectivity index (χ2n) is 9.21. The van der Waals surface area contributed by atoms with E-state index in [2.05, 4.69) is 32.0 Å². The molecule has 0 spiro atoms. The number of amides is 1. The maximum atomic E-state index is 12.3. The Bertz CT molecular complexity index is 1490. The summed E-state index contributed by atoms with van der Waals surface area (Å²) in [6.45, 7) is 5.15. The van der Waals surface area contributed by atoms with Crippen molar-refractivity contribution >= 4 is 51.0 Å². The SMILES string of the molecule is C=CC(=O)Nc1cc(Nc2nccc(-n3cc([S+](C)O)c4ccccc43)n2)c(OC)cc1N(C)CCN(C)C. The molecule has 2 aromatic carbocycles. The predicted octanol–water partition coefficient (Wildman–Crippen LogP) is 4.38. The van der Waals surface area contributed by atoms with Gasteiger partial charge in [-0.05, 0) is 44.4 Å². The number of hydrogen-bond donors (Lipinski definition) is 3. The van der Waals surface area contributed by atoms with Gasteiger partial charge in [-0.3, -0.25) is 9.36 Å². The highest BCUT2D eigenvalue weighted by Crippen LogP contribution is 2.38. The summed E-state index contributed by atoms with van der Waals surface area (Å²) < 4.78 is 18.0. The first-order chi connectivity index (χ1) is 18.7. The van der Waals surface area contributed by atoms with E-state index in [0.717, 1.165) is 34.6 Å². The molecule has 10 nitrogen and oxygen atoms in total. The Balaban J connectivity index is 1.72. The molecule has 204 valence electrons. The van der Waals surface area contributed by atoms with E-state index in [0.29, 0.717) is 28.9 Å². The monoisotopic (exact) mass is 548 g/mol. The van der Waals surface area contributed by atoms with Gasteiger partial charge in [0.1, 0.15) is 17.8 Å². The standard InChI is InChI=1S/C28H33N7O3S/c1-7-27(36)30-20-16-21(24(38-5)17-23(20)34(4)15-14-33(2)3)31-28-29-13-12-26(32-28)35-18-25(39(6)37)19-10-8-9-11-22(19)35/h7-13,16-18,37H,1,14-15H2,2-6H3,(H-,29,30,31,32,36)/p+1. The summed E-state index contributed by atoms with van der Waals surface area (Å²) in [6, 6.07) is 13.4. The van der Waals surface area contributed by atoms with E-state index in [9.17, 15) is 9.35 Å². The number of fused-ring (bicyclic) bond motifs is 1. The molecular weight excluding hydrogens is 514 g/mol. The van der Waals surface area contributed by atoms with Gasteiger partial charge >= 0.3 is 0 Å². The van der Waals surface area contributed by atoms with E-state index in [4.69, 9.17) is 9.72 Å². The van der Waals surface area contributed by atoms with Crippen molar-refractivity contribution in [3.8, 4) is 11.6 Å². The van der Waals surface area contributed by atoms with Crippen LogP contribution in [0.25, 0.3) is 16.7 Å². The average molecular weight is 549 g/mol. The van der Waals surface area contributed by atoms with Gasteiger partial charge in [0.15, 0.2) is 11.2 Å². The topological polar surface area (TPSA) is 108 Å². The Kier molecular flexibility index (Phi) is 8.75. The molecule has 1 amide bonds. The normalized spacial score (nSPS) is 11.9. The molecule has 2 heterocycles. The van der Waals surface area contributed by atoms with Gasteiger partial charge in [-0.2, -0.15) is 9.54 Å². The summed E-state index contributed by atoms with van der Waals surface area (Å²) >= 11 is -0.911. The zero-order chi connectivity index (χ0) is 28.1. The van der Waals surface area contributed by atoms with Gasteiger partial charge in [0, 0.05) is 32.4 Å². The van der Waals surface area contributed by atoms with Crippen LogP contribution < -0.4 is 20.3 Å². The van der Waals surface area contributed by atoms with Crippen molar-refractivity contribution in [1.82, 2.24) is 19.4 Å². The zero-order valence-electron chi connectivity index (χ0n) is 22.8. The minimum atomic E-state index is -0.911. The Labute approximate surface area is 231 Å². The van der Waals surface area contributed by atoms with E-state index in [1.807, 2.05) is 68.3 Å². The molecule has 0 bridgehead atoms. The molecule has 1 unspecified atom stereocenters. The van der Waals surface area contributed by atoms with Crippen molar-refractivity contribution in [2.24, 2.45) is 0 Å². The molecule has 1 atom stereocenters. The number of ether oxygens (including phenoxy) is 1. The Morgan fingerprint density at radius 2 is 1.95 bits per heavy atom. The van der Waals surface area contributed by atoms with Crippen molar-refractivity contribution in [2.45, 2.75) is 4.90 Å². The molecule has 11 heteroatoms. The molecular formula is C28H34N7O3S+. The lowest BCUT2D eigenvalue weighted by atomic mass is 10.2. The lowest BCUT2D eigenvalue weighted by Crippen LogP contribution is -2.29. The Hall–Kier alpha value is -4.06. The highest BCUT2D eigenvalue weighted by Gasteiger charge is 2.22. The molecule has 0 saturated heterocycles. The number of nitrogens with one attached hydrogen (secondary N) is 2. The molecule has 0 saturated carbocycles. The summed E-state index contributed by atoms with van der Waals surface area (Å²) in [6.07, 6.45) is 6.58. The van der Waals surface area contributed by atoms with Crippen molar-refractivity contribution in [2.75, 3.05) is 63.1 Å². The molecule has 0 aliphatic carbocycles. The number of hydrogen-bond acceptors (Lipinski definition) is 8. The fraction of sp³-hybridized carbons (Fsp3) is 0.250. The highest BCUT2D eigenvalue weighted by atomic mass is 32.2. The van der Waals surface area contributed by atoms with Crippen LogP contribution in [-0.2, 0) is 16.0 Å². The Morgan fingerprint density at radius 3 is 2.64 bits per heavy atom. The molecule has 4 aromatic rings. The molecule has 0 aliphatic rings. The number of carbonyl (C=O) groups excluding carboxylic acids is 1. The molecule has 39 heavy (non-hydrogen) atoms. The van der Waals surface area contributed by atoms with Crippen LogP contribution in [0.1, 0.15) is 0 Å². The molecule has 2 aromatic heterocycles. The lowest BCUT2D eigenvalue weighted by Gasteiger charge is -2.26. The van der Waals surface area contributed by atoms with Gasteiger partial charge in [-0.25, -0.2) is 4.98 Å². The smallest absolute Gasteiger partial charge is 0.247 e. The maximum absolute atomic E-state index is 12.3. The van der Waals surface area contributed by atoms with E-state index in [1.165, 1.54) is 6.08 Å². The summed E-state index contributed by atoms with van der Waals surface area (Å²) in [4.78, 5) is 26.4. The third-order valence-corrected chi connectivity index (χ3v) is 7.14. The van der Waals surface area contributed by atoms with Gasteiger partial charge in [-0.15, -0.1) is 0 Å². The predicted molar refractivity (Wildman–Crippen MR) is 160 cm³/mol. The third kappa shape index (κ3) is 6.33. The van der Waals surface area contributed by atoms with Crippen molar-refractivity contribution in [1.29, 1.82) is 0 Å². The first-order valence-corrected chi connectivity index (χ1v) is 13.9. The number of likely N-dealkylation sites (N-methyl/N-ethyl adjacent to an activating group) is 2. The minimum absolute atomic E-state index is 0.319. The number of benzene rings is 2. The summed E-state index contributed by atoms with van der Waals surface area (Å²) in [5.41, 5.74) is 2.92. The number of rotatable bonds is 11. The fourth-order valence-electron chi connectivity index (χ4n) is 4.14.